The number of amides is 2. The Labute approximate surface area is 115 Å². The molecule has 19 heavy (non-hydrogen) atoms. The number of hydrogen-bond acceptors (Lipinski definition) is 2. The zero-order chi connectivity index (χ0) is 14.7. The Morgan fingerprint density at radius 2 is 2.05 bits per heavy atom. The molecular formula is C14H24N2O3. The number of rotatable bonds is 9. The average Bonchev–Trinajstić information content (AvgIpc) is 2.33. The van der Waals surface area contributed by atoms with Gasteiger partial charge < -0.3 is 15.7 Å². The van der Waals surface area contributed by atoms with E-state index in [1.54, 1.807) is 0 Å². The van der Waals surface area contributed by atoms with Crippen molar-refractivity contribution < 1.29 is 14.7 Å². The second-order valence-corrected chi connectivity index (χ2v) is 4.70. The number of carbonyl (C=O) groups is 2. The summed E-state index contributed by atoms with van der Waals surface area (Å²) in [5.41, 5.74) is 0. The van der Waals surface area contributed by atoms with Crippen molar-refractivity contribution in [3.63, 3.8) is 0 Å². The van der Waals surface area contributed by atoms with E-state index < -0.39 is 5.97 Å². The third kappa shape index (κ3) is 9.95. The summed E-state index contributed by atoms with van der Waals surface area (Å²) in [5, 5.41) is 14.1. The van der Waals surface area contributed by atoms with Crippen molar-refractivity contribution in [2.24, 2.45) is 5.92 Å². The van der Waals surface area contributed by atoms with E-state index in [2.05, 4.69) is 16.6 Å². The number of carboxylic acid groups (broad SMARTS) is 1. The molecular weight excluding hydrogens is 244 g/mol. The minimum absolute atomic E-state index is 0.0426. The first kappa shape index (κ1) is 17.3. The van der Waals surface area contributed by atoms with Gasteiger partial charge in [-0.25, -0.2) is 4.79 Å². The van der Waals surface area contributed by atoms with Gasteiger partial charge in [0.25, 0.3) is 0 Å². The molecule has 0 spiro atoms. The van der Waals surface area contributed by atoms with Crippen LogP contribution in [0.1, 0.15) is 46.0 Å². The molecule has 0 aromatic heterocycles. The fraction of sp³-hybridized carbons (Fsp3) is 0.714. The molecule has 5 nitrogen and oxygen atoms in total. The van der Waals surface area contributed by atoms with Gasteiger partial charge in [-0.1, -0.05) is 13.3 Å². The molecule has 0 saturated heterocycles. The molecule has 0 radical (unpaired) electrons. The highest BCUT2D eigenvalue weighted by Gasteiger charge is 2.10. The fourth-order valence-corrected chi connectivity index (χ4v) is 1.77. The van der Waals surface area contributed by atoms with Crippen LogP contribution >= 0.6 is 0 Å². The van der Waals surface area contributed by atoms with Gasteiger partial charge in [0.2, 0.25) is 0 Å². The van der Waals surface area contributed by atoms with Crippen LogP contribution in [0.15, 0.2) is 0 Å². The molecule has 108 valence electrons. The van der Waals surface area contributed by atoms with Crippen molar-refractivity contribution in [2.75, 3.05) is 6.54 Å². The van der Waals surface area contributed by atoms with Crippen LogP contribution in [0.3, 0.4) is 0 Å². The van der Waals surface area contributed by atoms with Gasteiger partial charge in [0.1, 0.15) is 0 Å². The third-order valence-electron chi connectivity index (χ3n) is 2.98. The first-order chi connectivity index (χ1) is 8.99. The molecule has 0 bridgehead atoms. The Morgan fingerprint density at radius 3 is 2.58 bits per heavy atom. The van der Waals surface area contributed by atoms with Crippen LogP contribution in [0.25, 0.3) is 0 Å². The zero-order valence-electron chi connectivity index (χ0n) is 11.7. The number of terminal acetylenes is 1. The molecule has 2 unspecified atom stereocenters. The monoisotopic (exact) mass is 268 g/mol. The fourth-order valence-electron chi connectivity index (χ4n) is 1.77. The first-order valence-corrected chi connectivity index (χ1v) is 6.69. The van der Waals surface area contributed by atoms with E-state index in [0.717, 1.165) is 12.8 Å². The highest BCUT2D eigenvalue weighted by Crippen LogP contribution is 2.14. The molecule has 0 fully saturated rings. The Balaban J connectivity index is 3.78. The van der Waals surface area contributed by atoms with Gasteiger partial charge in [0, 0.05) is 25.4 Å². The average molecular weight is 268 g/mol. The zero-order valence-corrected chi connectivity index (χ0v) is 11.7. The molecule has 0 aliphatic carbocycles. The van der Waals surface area contributed by atoms with Gasteiger partial charge in [0.05, 0.1) is 0 Å². The Morgan fingerprint density at radius 1 is 1.37 bits per heavy atom. The molecule has 3 N–H and O–H groups in total. The number of urea groups is 1. The lowest BCUT2D eigenvalue weighted by Crippen LogP contribution is -2.41. The third-order valence-corrected chi connectivity index (χ3v) is 2.98. The van der Waals surface area contributed by atoms with E-state index >= 15 is 0 Å². The van der Waals surface area contributed by atoms with E-state index in [1.807, 2.05) is 13.8 Å². The summed E-state index contributed by atoms with van der Waals surface area (Å²) in [4.78, 5) is 22.0. The maximum atomic E-state index is 11.5. The number of carbonyl (C=O) groups excluding carboxylic acids is 1. The van der Waals surface area contributed by atoms with Crippen molar-refractivity contribution in [2.45, 2.75) is 52.0 Å². The van der Waals surface area contributed by atoms with Crippen LogP contribution in [0.2, 0.25) is 0 Å². The van der Waals surface area contributed by atoms with Crippen molar-refractivity contribution in [3.05, 3.63) is 0 Å². The van der Waals surface area contributed by atoms with Gasteiger partial charge in [-0.3, -0.25) is 4.79 Å². The van der Waals surface area contributed by atoms with E-state index in [4.69, 9.17) is 11.5 Å². The van der Waals surface area contributed by atoms with E-state index in [9.17, 15) is 9.59 Å². The van der Waals surface area contributed by atoms with Crippen molar-refractivity contribution >= 4 is 12.0 Å². The second-order valence-electron chi connectivity index (χ2n) is 4.70. The Hall–Kier alpha value is -1.70. The van der Waals surface area contributed by atoms with Gasteiger partial charge in [-0.2, -0.15) is 0 Å². The topological polar surface area (TPSA) is 78.4 Å². The summed E-state index contributed by atoms with van der Waals surface area (Å²) < 4.78 is 0. The lowest BCUT2D eigenvalue weighted by molar-refractivity contribution is -0.137. The van der Waals surface area contributed by atoms with Crippen LogP contribution in [0.5, 0.6) is 0 Å². The quantitative estimate of drug-likeness (QED) is 0.559. The molecule has 0 aliphatic rings. The summed E-state index contributed by atoms with van der Waals surface area (Å²) >= 11 is 0. The van der Waals surface area contributed by atoms with Crippen LogP contribution in [0, 0.1) is 18.3 Å². The maximum absolute atomic E-state index is 11.5. The highest BCUT2D eigenvalue weighted by atomic mass is 16.4. The lowest BCUT2D eigenvalue weighted by atomic mass is 9.97. The largest absolute Gasteiger partial charge is 0.481 e. The number of hydrogen-bond donors (Lipinski definition) is 3. The van der Waals surface area contributed by atoms with E-state index in [0.29, 0.717) is 25.3 Å². The molecule has 0 saturated carbocycles. The van der Waals surface area contributed by atoms with E-state index in [-0.39, 0.29) is 18.5 Å². The summed E-state index contributed by atoms with van der Waals surface area (Å²) in [6, 6.07) is -0.269. The summed E-state index contributed by atoms with van der Waals surface area (Å²) in [7, 11) is 0. The van der Waals surface area contributed by atoms with Crippen LogP contribution in [-0.4, -0.2) is 29.7 Å². The lowest BCUT2D eigenvalue weighted by Gasteiger charge is -2.15. The predicted molar refractivity (Wildman–Crippen MR) is 74.7 cm³/mol. The SMILES string of the molecule is C#CCC(C)NC(=O)NCCC(CC)CCC(=O)O. The van der Waals surface area contributed by atoms with Crippen molar-refractivity contribution in [3.8, 4) is 12.3 Å². The number of aliphatic carboxylic acids is 1. The Bertz CT molecular complexity index is 323. The van der Waals surface area contributed by atoms with Crippen molar-refractivity contribution in [1.29, 1.82) is 0 Å². The van der Waals surface area contributed by atoms with Crippen LogP contribution in [0.4, 0.5) is 4.79 Å². The molecule has 0 aliphatic heterocycles. The summed E-state index contributed by atoms with van der Waals surface area (Å²) in [6.07, 6.45) is 8.21. The smallest absolute Gasteiger partial charge is 0.315 e. The Kier molecular flexibility index (Phi) is 9.33. The minimum Gasteiger partial charge on any atom is -0.481 e. The molecule has 0 aromatic rings. The molecule has 0 aromatic carbocycles. The van der Waals surface area contributed by atoms with Gasteiger partial charge in [-0.05, 0) is 25.7 Å². The van der Waals surface area contributed by atoms with Crippen molar-refractivity contribution in [1.82, 2.24) is 10.6 Å². The number of nitrogens with one attached hydrogen (secondary N) is 2. The maximum Gasteiger partial charge on any atom is 0.315 e. The molecule has 2 amide bonds. The first-order valence-electron chi connectivity index (χ1n) is 6.69. The second kappa shape index (κ2) is 10.2. The van der Waals surface area contributed by atoms with E-state index in [1.165, 1.54) is 0 Å². The predicted octanol–water partition coefficient (Wildman–Crippen LogP) is 1.98. The molecule has 0 rings (SSSR count). The summed E-state index contributed by atoms with van der Waals surface area (Å²) in [5.74, 6) is 2.05. The van der Waals surface area contributed by atoms with Gasteiger partial charge in [-0.15, -0.1) is 12.3 Å². The van der Waals surface area contributed by atoms with Gasteiger partial charge >= 0.3 is 12.0 Å². The van der Waals surface area contributed by atoms with Gasteiger partial charge in [0.15, 0.2) is 0 Å². The van der Waals surface area contributed by atoms with Crippen LogP contribution < -0.4 is 10.6 Å². The normalized spacial score (nSPS) is 13.1. The molecule has 0 heterocycles. The number of carboxylic acids is 1. The summed E-state index contributed by atoms with van der Waals surface area (Å²) in [6.45, 7) is 4.43. The molecule has 2 atom stereocenters. The highest BCUT2D eigenvalue weighted by molar-refractivity contribution is 5.74. The standard InChI is InChI=1S/C14H24N2O3/c1-4-6-11(3)16-14(19)15-10-9-12(5-2)7-8-13(17)18/h1,11-12H,5-10H2,2-3H3,(H,17,18)(H2,15,16,19). The van der Waals surface area contributed by atoms with Crippen LogP contribution in [-0.2, 0) is 4.79 Å². The minimum atomic E-state index is -0.771. The molecule has 5 heteroatoms.